The Morgan fingerprint density at radius 2 is 1.91 bits per heavy atom. The second-order valence-corrected chi connectivity index (χ2v) is 7.28. The van der Waals surface area contributed by atoms with Gasteiger partial charge in [0.05, 0.1) is 4.90 Å². The molecule has 1 aliphatic rings. The van der Waals surface area contributed by atoms with Gasteiger partial charge in [-0.3, -0.25) is 4.79 Å². The van der Waals surface area contributed by atoms with E-state index in [9.17, 15) is 13.2 Å². The summed E-state index contributed by atoms with van der Waals surface area (Å²) in [6.45, 7) is 4.99. The number of amides is 1. The zero-order valence-electron chi connectivity index (χ0n) is 12.6. The Morgan fingerprint density at radius 3 is 2.55 bits per heavy atom. The second kappa shape index (κ2) is 7.56. The summed E-state index contributed by atoms with van der Waals surface area (Å²) in [6, 6.07) is 6.20. The van der Waals surface area contributed by atoms with Crippen molar-refractivity contribution in [3.63, 3.8) is 0 Å². The Kier molecular flexibility index (Phi) is 5.74. The Bertz CT molecular complexity index is 633. The Morgan fingerprint density at radius 1 is 1.23 bits per heavy atom. The van der Waals surface area contributed by atoms with Crippen molar-refractivity contribution in [2.75, 3.05) is 19.6 Å². The minimum Gasteiger partial charge on any atom is -0.349 e. The highest BCUT2D eigenvalue weighted by Gasteiger charge is 2.25. The van der Waals surface area contributed by atoms with E-state index in [-0.39, 0.29) is 10.8 Å². The molecular formula is C16H22N2O3S. The molecular weight excluding hydrogens is 300 g/mol. The van der Waals surface area contributed by atoms with E-state index in [4.69, 9.17) is 0 Å². The fourth-order valence-electron chi connectivity index (χ4n) is 2.50. The number of hydrogen-bond acceptors (Lipinski definition) is 3. The minimum atomic E-state index is -3.53. The fraction of sp³-hybridized carbons (Fsp3) is 0.438. The van der Waals surface area contributed by atoms with Crippen molar-refractivity contribution in [3.05, 3.63) is 42.5 Å². The molecule has 1 amide bonds. The molecule has 2 rings (SSSR count). The highest BCUT2D eigenvalue weighted by molar-refractivity contribution is 7.89. The molecule has 1 aromatic carbocycles. The largest absolute Gasteiger partial charge is 0.349 e. The molecule has 22 heavy (non-hydrogen) atoms. The maximum absolute atomic E-state index is 12.7. The Hall–Kier alpha value is -1.66. The molecule has 0 radical (unpaired) electrons. The van der Waals surface area contributed by atoms with Gasteiger partial charge in [-0.25, -0.2) is 8.42 Å². The molecule has 1 fully saturated rings. The van der Waals surface area contributed by atoms with E-state index in [0.717, 1.165) is 25.7 Å². The van der Waals surface area contributed by atoms with Gasteiger partial charge in [0.2, 0.25) is 10.0 Å². The molecule has 1 aromatic rings. The van der Waals surface area contributed by atoms with Gasteiger partial charge in [-0.05, 0) is 31.0 Å². The van der Waals surface area contributed by atoms with Crippen LogP contribution in [0.5, 0.6) is 0 Å². The fourth-order valence-corrected chi connectivity index (χ4v) is 4.06. The average Bonchev–Trinajstić information content (AvgIpc) is 2.82. The van der Waals surface area contributed by atoms with Gasteiger partial charge in [-0.15, -0.1) is 6.58 Å². The predicted molar refractivity (Wildman–Crippen MR) is 86.2 cm³/mol. The van der Waals surface area contributed by atoms with Crippen molar-refractivity contribution in [2.24, 2.45) is 0 Å². The standard InChI is InChI=1S/C16H22N2O3S/c1-2-10-17-16(19)14-8-7-9-15(13-14)22(20,21)18-11-5-3-4-6-12-18/h2,7-9,13H,1,3-6,10-12H2,(H,17,19). The quantitative estimate of drug-likeness (QED) is 0.845. The minimum absolute atomic E-state index is 0.181. The van der Waals surface area contributed by atoms with E-state index in [2.05, 4.69) is 11.9 Å². The summed E-state index contributed by atoms with van der Waals surface area (Å²) < 4.78 is 26.9. The predicted octanol–water partition coefficient (Wildman–Crippen LogP) is 2.17. The van der Waals surface area contributed by atoms with Crippen LogP contribution in [-0.4, -0.2) is 38.3 Å². The first-order valence-corrected chi connectivity index (χ1v) is 8.99. The van der Waals surface area contributed by atoms with Crippen LogP contribution in [0.25, 0.3) is 0 Å². The zero-order chi connectivity index (χ0) is 16.0. The number of nitrogens with zero attached hydrogens (tertiary/aromatic N) is 1. The van der Waals surface area contributed by atoms with Gasteiger partial charge in [0.1, 0.15) is 0 Å². The van der Waals surface area contributed by atoms with Crippen molar-refractivity contribution in [1.29, 1.82) is 0 Å². The van der Waals surface area contributed by atoms with E-state index in [1.165, 1.54) is 10.4 Å². The van der Waals surface area contributed by atoms with E-state index in [1.54, 1.807) is 24.3 Å². The van der Waals surface area contributed by atoms with Crippen LogP contribution in [-0.2, 0) is 10.0 Å². The molecule has 1 aliphatic heterocycles. The first-order chi connectivity index (χ1) is 10.6. The second-order valence-electron chi connectivity index (χ2n) is 5.34. The van der Waals surface area contributed by atoms with Crippen LogP contribution in [0.1, 0.15) is 36.0 Å². The lowest BCUT2D eigenvalue weighted by atomic mass is 10.2. The Balaban J connectivity index is 2.23. The molecule has 0 bridgehead atoms. The van der Waals surface area contributed by atoms with E-state index in [0.29, 0.717) is 25.2 Å². The van der Waals surface area contributed by atoms with Gasteiger partial charge in [0, 0.05) is 25.2 Å². The third-order valence-corrected chi connectivity index (χ3v) is 5.60. The van der Waals surface area contributed by atoms with Gasteiger partial charge in [0.25, 0.3) is 5.91 Å². The average molecular weight is 322 g/mol. The third kappa shape index (κ3) is 3.96. The normalized spacial score (nSPS) is 16.7. The van der Waals surface area contributed by atoms with Crippen molar-refractivity contribution in [1.82, 2.24) is 9.62 Å². The molecule has 1 saturated heterocycles. The van der Waals surface area contributed by atoms with E-state index < -0.39 is 10.0 Å². The summed E-state index contributed by atoms with van der Waals surface area (Å²) in [5.74, 6) is -0.298. The van der Waals surface area contributed by atoms with Gasteiger partial charge in [-0.1, -0.05) is 25.0 Å². The highest BCUT2D eigenvalue weighted by Crippen LogP contribution is 2.21. The van der Waals surface area contributed by atoms with E-state index in [1.807, 2.05) is 0 Å². The number of carbonyl (C=O) groups excluding carboxylic acids is 1. The zero-order valence-corrected chi connectivity index (χ0v) is 13.4. The number of sulfonamides is 1. The topological polar surface area (TPSA) is 66.5 Å². The SMILES string of the molecule is C=CCNC(=O)c1cccc(S(=O)(=O)N2CCCCCC2)c1. The highest BCUT2D eigenvalue weighted by atomic mass is 32.2. The molecule has 0 unspecified atom stereocenters. The van der Waals surface area contributed by atoms with Crippen LogP contribution in [0, 0.1) is 0 Å². The van der Waals surface area contributed by atoms with Crippen molar-refractivity contribution < 1.29 is 13.2 Å². The van der Waals surface area contributed by atoms with Crippen LogP contribution >= 0.6 is 0 Å². The van der Waals surface area contributed by atoms with Crippen molar-refractivity contribution in [2.45, 2.75) is 30.6 Å². The summed E-state index contributed by atoms with van der Waals surface area (Å²) >= 11 is 0. The number of benzene rings is 1. The molecule has 0 spiro atoms. The summed E-state index contributed by atoms with van der Waals surface area (Å²) in [5.41, 5.74) is 0.345. The molecule has 0 aromatic heterocycles. The number of rotatable bonds is 5. The molecule has 5 nitrogen and oxygen atoms in total. The summed E-state index contributed by atoms with van der Waals surface area (Å²) in [7, 11) is -3.53. The lowest BCUT2D eigenvalue weighted by Gasteiger charge is -2.20. The first-order valence-electron chi connectivity index (χ1n) is 7.55. The number of carbonyl (C=O) groups is 1. The third-order valence-electron chi connectivity index (χ3n) is 3.71. The molecule has 1 heterocycles. The smallest absolute Gasteiger partial charge is 0.251 e. The van der Waals surface area contributed by atoms with Gasteiger partial charge in [0.15, 0.2) is 0 Å². The lowest BCUT2D eigenvalue weighted by molar-refractivity contribution is 0.0958. The van der Waals surface area contributed by atoms with Crippen LogP contribution in [0.15, 0.2) is 41.8 Å². The lowest BCUT2D eigenvalue weighted by Crippen LogP contribution is -2.32. The first kappa shape index (κ1) is 16.7. The molecule has 0 atom stereocenters. The van der Waals surface area contributed by atoms with Crippen LogP contribution in [0.2, 0.25) is 0 Å². The molecule has 1 N–H and O–H groups in total. The summed E-state index contributed by atoms with van der Waals surface area (Å²) in [4.78, 5) is 12.1. The van der Waals surface area contributed by atoms with Gasteiger partial charge in [-0.2, -0.15) is 4.31 Å². The maximum Gasteiger partial charge on any atom is 0.251 e. The molecule has 0 aliphatic carbocycles. The van der Waals surface area contributed by atoms with Crippen LogP contribution in [0.4, 0.5) is 0 Å². The van der Waals surface area contributed by atoms with Crippen molar-refractivity contribution in [3.8, 4) is 0 Å². The molecule has 0 saturated carbocycles. The van der Waals surface area contributed by atoms with Crippen LogP contribution in [0.3, 0.4) is 0 Å². The van der Waals surface area contributed by atoms with Crippen LogP contribution < -0.4 is 5.32 Å². The molecule has 6 heteroatoms. The van der Waals surface area contributed by atoms with Gasteiger partial charge >= 0.3 is 0 Å². The summed E-state index contributed by atoms with van der Waals surface area (Å²) in [6.07, 6.45) is 5.49. The Labute approximate surface area is 132 Å². The molecule has 120 valence electrons. The van der Waals surface area contributed by atoms with Crippen molar-refractivity contribution >= 4 is 15.9 Å². The monoisotopic (exact) mass is 322 g/mol. The van der Waals surface area contributed by atoms with E-state index >= 15 is 0 Å². The summed E-state index contributed by atoms with van der Waals surface area (Å²) in [5, 5.41) is 2.65. The number of nitrogens with one attached hydrogen (secondary N) is 1. The maximum atomic E-state index is 12.7. The number of hydrogen-bond donors (Lipinski definition) is 1. The van der Waals surface area contributed by atoms with Gasteiger partial charge < -0.3 is 5.32 Å².